The zero-order valence-corrected chi connectivity index (χ0v) is 12.5. The molecule has 0 aliphatic carbocycles. The number of halogens is 1. The SMILES string of the molecule is CCC(=O)Nc1ccc(Cl)c(NC(=O)CC(C)CN)c1. The largest absolute Gasteiger partial charge is 0.330 e. The first kappa shape index (κ1) is 16.5. The van der Waals surface area contributed by atoms with Crippen molar-refractivity contribution in [2.45, 2.75) is 26.7 Å². The Bertz CT molecular complexity index is 491. The van der Waals surface area contributed by atoms with Gasteiger partial charge in [-0.25, -0.2) is 0 Å². The van der Waals surface area contributed by atoms with E-state index in [4.69, 9.17) is 17.3 Å². The molecule has 4 N–H and O–H groups in total. The van der Waals surface area contributed by atoms with Gasteiger partial charge in [0.2, 0.25) is 11.8 Å². The van der Waals surface area contributed by atoms with Gasteiger partial charge in [0.15, 0.2) is 0 Å². The van der Waals surface area contributed by atoms with Crippen LogP contribution in [0.4, 0.5) is 11.4 Å². The molecule has 1 aromatic rings. The summed E-state index contributed by atoms with van der Waals surface area (Å²) in [5, 5.41) is 5.87. The van der Waals surface area contributed by atoms with E-state index >= 15 is 0 Å². The zero-order chi connectivity index (χ0) is 15.1. The van der Waals surface area contributed by atoms with Gasteiger partial charge < -0.3 is 16.4 Å². The Labute approximate surface area is 123 Å². The maximum Gasteiger partial charge on any atom is 0.224 e. The van der Waals surface area contributed by atoms with E-state index < -0.39 is 0 Å². The van der Waals surface area contributed by atoms with Crippen LogP contribution in [0.1, 0.15) is 26.7 Å². The molecule has 5 nitrogen and oxygen atoms in total. The monoisotopic (exact) mass is 297 g/mol. The van der Waals surface area contributed by atoms with Crippen LogP contribution < -0.4 is 16.4 Å². The molecule has 0 saturated heterocycles. The average Bonchev–Trinajstić information content (AvgIpc) is 2.42. The molecule has 0 aromatic heterocycles. The Balaban J connectivity index is 2.76. The number of amides is 2. The first-order chi connectivity index (χ1) is 9.46. The van der Waals surface area contributed by atoms with E-state index in [1.54, 1.807) is 25.1 Å². The minimum atomic E-state index is -0.149. The van der Waals surface area contributed by atoms with Crippen molar-refractivity contribution in [1.82, 2.24) is 0 Å². The maximum atomic E-state index is 11.8. The third kappa shape index (κ3) is 5.19. The highest BCUT2D eigenvalue weighted by Crippen LogP contribution is 2.26. The fourth-order valence-corrected chi connectivity index (χ4v) is 1.71. The molecule has 1 unspecified atom stereocenters. The van der Waals surface area contributed by atoms with E-state index in [-0.39, 0.29) is 17.7 Å². The Kier molecular flexibility index (Phi) is 6.48. The predicted octanol–water partition coefficient (Wildman–Crippen LogP) is 2.61. The van der Waals surface area contributed by atoms with Gasteiger partial charge in [0.25, 0.3) is 0 Å². The third-order valence-corrected chi connectivity index (χ3v) is 3.11. The molecule has 0 aliphatic rings. The van der Waals surface area contributed by atoms with Crippen molar-refractivity contribution < 1.29 is 9.59 Å². The molecular formula is C14H20ClN3O2. The molecule has 0 spiro atoms. The van der Waals surface area contributed by atoms with Crippen molar-refractivity contribution in [3.63, 3.8) is 0 Å². The van der Waals surface area contributed by atoms with Crippen molar-refractivity contribution in [3.8, 4) is 0 Å². The number of hydrogen-bond donors (Lipinski definition) is 3. The van der Waals surface area contributed by atoms with Crippen molar-refractivity contribution >= 4 is 34.8 Å². The van der Waals surface area contributed by atoms with Crippen LogP contribution >= 0.6 is 11.6 Å². The summed E-state index contributed by atoms with van der Waals surface area (Å²) in [7, 11) is 0. The number of nitrogens with one attached hydrogen (secondary N) is 2. The van der Waals surface area contributed by atoms with E-state index in [0.717, 1.165) is 0 Å². The van der Waals surface area contributed by atoms with E-state index in [2.05, 4.69) is 10.6 Å². The molecule has 6 heteroatoms. The molecule has 1 rings (SSSR count). The molecule has 0 bridgehead atoms. The fraction of sp³-hybridized carbons (Fsp3) is 0.429. The summed E-state index contributed by atoms with van der Waals surface area (Å²) < 4.78 is 0. The van der Waals surface area contributed by atoms with Crippen molar-refractivity contribution in [2.24, 2.45) is 11.7 Å². The second-order valence-electron chi connectivity index (χ2n) is 4.69. The molecule has 0 radical (unpaired) electrons. The maximum absolute atomic E-state index is 11.8. The molecule has 1 aromatic carbocycles. The minimum Gasteiger partial charge on any atom is -0.330 e. The highest BCUT2D eigenvalue weighted by Gasteiger charge is 2.11. The van der Waals surface area contributed by atoms with Gasteiger partial charge in [-0.2, -0.15) is 0 Å². The van der Waals surface area contributed by atoms with Gasteiger partial charge in [-0.1, -0.05) is 25.4 Å². The number of benzene rings is 1. The quantitative estimate of drug-likeness (QED) is 0.754. The van der Waals surface area contributed by atoms with Crippen LogP contribution in [0.3, 0.4) is 0 Å². The normalized spacial score (nSPS) is 11.8. The highest BCUT2D eigenvalue weighted by molar-refractivity contribution is 6.33. The van der Waals surface area contributed by atoms with Crippen molar-refractivity contribution in [2.75, 3.05) is 17.2 Å². The van der Waals surface area contributed by atoms with Gasteiger partial charge in [-0.05, 0) is 30.7 Å². The van der Waals surface area contributed by atoms with E-state index in [1.807, 2.05) is 6.92 Å². The van der Waals surface area contributed by atoms with Crippen molar-refractivity contribution in [3.05, 3.63) is 23.2 Å². The van der Waals surface area contributed by atoms with Crippen LogP contribution in [0, 0.1) is 5.92 Å². The Morgan fingerprint density at radius 3 is 2.60 bits per heavy atom. The van der Waals surface area contributed by atoms with E-state index in [9.17, 15) is 9.59 Å². The van der Waals surface area contributed by atoms with Gasteiger partial charge in [0, 0.05) is 18.5 Å². The second kappa shape index (κ2) is 7.87. The molecule has 20 heavy (non-hydrogen) atoms. The van der Waals surface area contributed by atoms with Gasteiger partial charge in [-0.15, -0.1) is 0 Å². The Morgan fingerprint density at radius 2 is 2.00 bits per heavy atom. The lowest BCUT2D eigenvalue weighted by atomic mass is 10.1. The molecule has 1 atom stereocenters. The summed E-state index contributed by atoms with van der Waals surface area (Å²) in [4.78, 5) is 23.1. The van der Waals surface area contributed by atoms with Crippen LogP contribution in [-0.4, -0.2) is 18.4 Å². The standard InChI is InChI=1S/C14H20ClN3O2/c1-3-13(19)17-10-4-5-11(15)12(7-10)18-14(20)6-9(2)8-16/h4-5,7,9H,3,6,8,16H2,1-2H3,(H,17,19)(H,18,20). The van der Waals surface area contributed by atoms with Crippen LogP contribution in [0.15, 0.2) is 18.2 Å². The Morgan fingerprint density at radius 1 is 1.30 bits per heavy atom. The number of carbonyl (C=O) groups excluding carboxylic acids is 2. The summed E-state index contributed by atoms with van der Waals surface area (Å²) in [6, 6.07) is 4.96. The molecule has 2 amide bonds. The summed E-state index contributed by atoms with van der Waals surface area (Å²) >= 11 is 6.03. The van der Waals surface area contributed by atoms with Gasteiger partial charge >= 0.3 is 0 Å². The first-order valence-electron chi connectivity index (χ1n) is 6.55. The fourth-order valence-electron chi connectivity index (χ4n) is 1.55. The third-order valence-electron chi connectivity index (χ3n) is 2.78. The van der Waals surface area contributed by atoms with Crippen LogP contribution in [0.5, 0.6) is 0 Å². The van der Waals surface area contributed by atoms with Gasteiger partial charge in [0.05, 0.1) is 10.7 Å². The summed E-state index contributed by atoms with van der Waals surface area (Å²) in [6.45, 7) is 4.12. The molecule has 0 saturated carbocycles. The number of hydrogen-bond acceptors (Lipinski definition) is 3. The molecule has 0 aliphatic heterocycles. The number of rotatable bonds is 6. The number of carbonyl (C=O) groups is 2. The second-order valence-corrected chi connectivity index (χ2v) is 5.10. The van der Waals surface area contributed by atoms with Gasteiger partial charge in [-0.3, -0.25) is 9.59 Å². The number of anilines is 2. The molecular weight excluding hydrogens is 278 g/mol. The van der Waals surface area contributed by atoms with Crippen LogP contribution in [0.2, 0.25) is 5.02 Å². The molecule has 110 valence electrons. The van der Waals surface area contributed by atoms with Crippen LogP contribution in [0.25, 0.3) is 0 Å². The van der Waals surface area contributed by atoms with Crippen molar-refractivity contribution in [1.29, 1.82) is 0 Å². The summed E-state index contributed by atoms with van der Waals surface area (Å²) in [5.41, 5.74) is 6.57. The molecule has 0 heterocycles. The minimum absolute atomic E-state index is 0.0960. The topological polar surface area (TPSA) is 84.2 Å². The van der Waals surface area contributed by atoms with E-state index in [1.165, 1.54) is 0 Å². The first-order valence-corrected chi connectivity index (χ1v) is 6.93. The lowest BCUT2D eigenvalue weighted by Crippen LogP contribution is -2.20. The Hall–Kier alpha value is -1.59. The molecule has 0 fully saturated rings. The zero-order valence-electron chi connectivity index (χ0n) is 11.7. The predicted molar refractivity (Wildman–Crippen MR) is 81.8 cm³/mol. The van der Waals surface area contributed by atoms with Crippen LogP contribution in [-0.2, 0) is 9.59 Å². The summed E-state index contributed by atoms with van der Waals surface area (Å²) in [5.74, 6) is -0.137. The van der Waals surface area contributed by atoms with Gasteiger partial charge in [0.1, 0.15) is 0 Å². The lowest BCUT2D eigenvalue weighted by molar-refractivity contribution is -0.117. The average molecular weight is 298 g/mol. The smallest absolute Gasteiger partial charge is 0.224 e. The summed E-state index contributed by atoms with van der Waals surface area (Å²) in [6.07, 6.45) is 0.719. The van der Waals surface area contributed by atoms with E-state index in [0.29, 0.717) is 35.8 Å². The highest BCUT2D eigenvalue weighted by atomic mass is 35.5. The number of nitrogens with two attached hydrogens (primary N) is 1. The lowest BCUT2D eigenvalue weighted by Gasteiger charge is -2.12.